The number of unbranched alkanes of at least 4 members (excludes halogenated alkanes) is 36. The molecule has 0 spiro atoms. The predicted octanol–water partition coefficient (Wildman–Crippen LogP) is 14.8. The van der Waals surface area contributed by atoms with Crippen molar-refractivity contribution in [3.63, 3.8) is 0 Å². The van der Waals surface area contributed by atoms with Gasteiger partial charge in [-0.25, -0.2) is 0 Å². The smallest absolute Gasteiger partial charge is 0.305 e. The lowest BCUT2D eigenvalue weighted by atomic mass is 10.0. The Morgan fingerprint density at radius 2 is 0.732 bits per heavy atom. The number of carbonyl (C=O) groups excluding carboxylic acids is 2. The third-order valence-corrected chi connectivity index (χ3v) is 11.9. The number of amides is 1. The molecule has 3 N–H and O–H groups in total. The topological polar surface area (TPSA) is 95.9 Å². The maximum absolute atomic E-state index is 12.4. The molecule has 6 nitrogen and oxygen atoms in total. The Kier molecular flexibility index (Phi) is 45.6. The summed E-state index contributed by atoms with van der Waals surface area (Å²) in [5.74, 6) is -0.0632. The van der Waals surface area contributed by atoms with Gasteiger partial charge in [0.15, 0.2) is 0 Å². The van der Waals surface area contributed by atoms with Crippen molar-refractivity contribution in [2.24, 2.45) is 0 Å². The Labute approximate surface area is 349 Å². The average molecular weight is 794 g/mol. The SMILES string of the molecule is CCCCCCCCCCCCCCCCCCCCC(=O)OCCCCCCCCCCCCCC(=O)NC(CO)C(O)CCCCCCCCCCCC. The number of nitrogens with one attached hydrogen (secondary N) is 1. The van der Waals surface area contributed by atoms with Gasteiger partial charge in [-0.15, -0.1) is 0 Å². The molecular formula is C50H99NO5. The molecule has 0 aliphatic heterocycles. The van der Waals surface area contributed by atoms with Gasteiger partial charge in [0.1, 0.15) is 0 Å². The average Bonchev–Trinajstić information content (AvgIpc) is 3.20. The molecule has 0 aromatic rings. The molecular weight excluding hydrogens is 695 g/mol. The van der Waals surface area contributed by atoms with Crippen molar-refractivity contribution in [3.8, 4) is 0 Å². The first-order chi connectivity index (χ1) is 27.5. The van der Waals surface area contributed by atoms with Crippen LogP contribution in [0.5, 0.6) is 0 Å². The molecule has 1 amide bonds. The van der Waals surface area contributed by atoms with E-state index in [1.807, 2.05) is 0 Å². The molecule has 6 heteroatoms. The quantitative estimate of drug-likeness (QED) is 0.0421. The van der Waals surface area contributed by atoms with Gasteiger partial charge in [-0.05, 0) is 25.7 Å². The van der Waals surface area contributed by atoms with Gasteiger partial charge >= 0.3 is 5.97 Å². The Morgan fingerprint density at radius 1 is 0.429 bits per heavy atom. The molecule has 0 heterocycles. The molecule has 0 aromatic heterocycles. The molecule has 2 atom stereocenters. The molecule has 0 aliphatic carbocycles. The summed E-state index contributed by atoms with van der Waals surface area (Å²) in [5, 5.41) is 23.1. The van der Waals surface area contributed by atoms with Gasteiger partial charge in [0.25, 0.3) is 0 Å². The largest absolute Gasteiger partial charge is 0.466 e. The van der Waals surface area contributed by atoms with E-state index in [1.54, 1.807) is 0 Å². The second kappa shape index (κ2) is 46.5. The number of hydrogen-bond acceptors (Lipinski definition) is 5. The van der Waals surface area contributed by atoms with E-state index in [0.717, 1.165) is 57.8 Å². The molecule has 0 saturated heterocycles. The van der Waals surface area contributed by atoms with Crippen LogP contribution in [-0.4, -0.2) is 47.4 Å². The maximum atomic E-state index is 12.4. The highest BCUT2D eigenvalue weighted by atomic mass is 16.5. The van der Waals surface area contributed by atoms with Crippen LogP contribution in [0.1, 0.15) is 284 Å². The van der Waals surface area contributed by atoms with Gasteiger partial charge in [0.05, 0.1) is 25.4 Å². The molecule has 0 fully saturated rings. The molecule has 0 saturated carbocycles. The summed E-state index contributed by atoms with van der Waals surface area (Å²) >= 11 is 0. The summed E-state index contributed by atoms with van der Waals surface area (Å²) in [4.78, 5) is 24.4. The van der Waals surface area contributed by atoms with Gasteiger partial charge < -0.3 is 20.3 Å². The summed E-state index contributed by atoms with van der Waals surface area (Å²) < 4.78 is 5.47. The summed E-state index contributed by atoms with van der Waals surface area (Å²) in [6.07, 6.45) is 50.7. The van der Waals surface area contributed by atoms with Gasteiger partial charge in [0, 0.05) is 12.8 Å². The lowest BCUT2D eigenvalue weighted by molar-refractivity contribution is -0.143. The maximum Gasteiger partial charge on any atom is 0.305 e. The predicted molar refractivity (Wildman–Crippen MR) is 241 cm³/mol. The van der Waals surface area contributed by atoms with Crippen LogP contribution in [0.4, 0.5) is 0 Å². The zero-order valence-electron chi connectivity index (χ0n) is 37.9. The zero-order valence-corrected chi connectivity index (χ0v) is 37.9. The fourth-order valence-electron chi connectivity index (χ4n) is 7.99. The summed E-state index contributed by atoms with van der Waals surface area (Å²) in [5.41, 5.74) is 0. The van der Waals surface area contributed by atoms with E-state index >= 15 is 0 Å². The minimum Gasteiger partial charge on any atom is -0.466 e. The van der Waals surface area contributed by atoms with Crippen LogP contribution in [0.25, 0.3) is 0 Å². The molecule has 56 heavy (non-hydrogen) atoms. The Morgan fingerprint density at radius 3 is 1.09 bits per heavy atom. The number of ether oxygens (including phenoxy) is 1. The second-order valence-electron chi connectivity index (χ2n) is 17.5. The number of carbonyl (C=O) groups is 2. The summed E-state index contributed by atoms with van der Waals surface area (Å²) in [7, 11) is 0. The van der Waals surface area contributed by atoms with Gasteiger partial charge in [-0.1, -0.05) is 245 Å². The number of hydrogen-bond donors (Lipinski definition) is 3. The van der Waals surface area contributed by atoms with Crippen molar-refractivity contribution in [1.82, 2.24) is 5.32 Å². The van der Waals surface area contributed by atoms with E-state index in [1.165, 1.54) is 193 Å². The van der Waals surface area contributed by atoms with Crippen molar-refractivity contribution >= 4 is 11.9 Å². The van der Waals surface area contributed by atoms with Crippen LogP contribution in [-0.2, 0) is 14.3 Å². The summed E-state index contributed by atoms with van der Waals surface area (Å²) in [6.45, 7) is 4.91. The number of aliphatic hydroxyl groups excluding tert-OH is 2. The Hall–Kier alpha value is -1.14. The van der Waals surface area contributed by atoms with E-state index in [0.29, 0.717) is 25.9 Å². The molecule has 0 aliphatic rings. The van der Waals surface area contributed by atoms with Crippen LogP contribution in [0, 0.1) is 0 Å². The van der Waals surface area contributed by atoms with Crippen LogP contribution in [0.2, 0.25) is 0 Å². The van der Waals surface area contributed by atoms with Gasteiger partial charge in [-0.2, -0.15) is 0 Å². The number of rotatable bonds is 47. The first-order valence-electron chi connectivity index (χ1n) is 25.3. The first-order valence-corrected chi connectivity index (χ1v) is 25.3. The minimum atomic E-state index is -0.673. The highest BCUT2D eigenvalue weighted by Gasteiger charge is 2.20. The normalized spacial score (nSPS) is 12.6. The molecule has 2 unspecified atom stereocenters. The van der Waals surface area contributed by atoms with Crippen LogP contribution in [0.15, 0.2) is 0 Å². The van der Waals surface area contributed by atoms with Crippen molar-refractivity contribution in [3.05, 3.63) is 0 Å². The molecule has 0 bridgehead atoms. The number of aliphatic hydroxyl groups is 2. The van der Waals surface area contributed by atoms with Crippen molar-refractivity contribution in [2.75, 3.05) is 13.2 Å². The third-order valence-electron chi connectivity index (χ3n) is 11.9. The molecule has 0 aromatic carbocycles. The van der Waals surface area contributed by atoms with E-state index in [2.05, 4.69) is 19.2 Å². The first kappa shape index (κ1) is 54.9. The van der Waals surface area contributed by atoms with Crippen molar-refractivity contribution in [2.45, 2.75) is 296 Å². The highest BCUT2D eigenvalue weighted by molar-refractivity contribution is 5.76. The molecule has 0 radical (unpaired) electrons. The van der Waals surface area contributed by atoms with Gasteiger partial charge in [-0.3, -0.25) is 9.59 Å². The number of esters is 1. The van der Waals surface area contributed by atoms with Gasteiger partial charge in [0.2, 0.25) is 5.91 Å². The zero-order chi connectivity index (χ0) is 40.8. The van der Waals surface area contributed by atoms with Crippen LogP contribution < -0.4 is 5.32 Å². The van der Waals surface area contributed by atoms with E-state index < -0.39 is 12.1 Å². The highest BCUT2D eigenvalue weighted by Crippen LogP contribution is 2.17. The Balaban J connectivity index is 3.41. The Bertz CT molecular complexity index is 791. The van der Waals surface area contributed by atoms with Crippen LogP contribution in [0.3, 0.4) is 0 Å². The lowest BCUT2D eigenvalue weighted by Gasteiger charge is -2.22. The van der Waals surface area contributed by atoms with E-state index in [9.17, 15) is 19.8 Å². The minimum absolute atomic E-state index is 0.00918. The fraction of sp³-hybridized carbons (Fsp3) is 0.960. The lowest BCUT2D eigenvalue weighted by Crippen LogP contribution is -2.45. The fourth-order valence-corrected chi connectivity index (χ4v) is 7.99. The van der Waals surface area contributed by atoms with Crippen LogP contribution >= 0.6 is 0 Å². The third kappa shape index (κ3) is 42.5. The second-order valence-corrected chi connectivity index (χ2v) is 17.5. The summed E-state index contributed by atoms with van der Waals surface area (Å²) in [6, 6.07) is -0.552. The monoisotopic (exact) mass is 794 g/mol. The van der Waals surface area contributed by atoms with E-state index in [4.69, 9.17) is 4.74 Å². The standard InChI is InChI=1S/C50H99NO5/c1-3-5-7-9-11-13-15-16-17-18-19-20-21-24-28-32-36-40-44-50(55)56-45-41-37-33-29-25-22-23-27-31-35-39-43-49(54)51-47(46-52)48(53)42-38-34-30-26-14-12-10-8-6-4-2/h47-48,52-53H,3-46H2,1-2H3,(H,51,54). The molecule has 0 rings (SSSR count). The van der Waals surface area contributed by atoms with Crippen molar-refractivity contribution in [1.29, 1.82) is 0 Å². The van der Waals surface area contributed by atoms with Crippen molar-refractivity contribution < 1.29 is 24.5 Å². The van der Waals surface area contributed by atoms with E-state index in [-0.39, 0.29) is 18.5 Å². The molecule has 334 valence electrons.